The summed E-state index contributed by atoms with van der Waals surface area (Å²) in [7, 11) is 2.21. The first kappa shape index (κ1) is 9.13. The molecule has 14 heavy (non-hydrogen) atoms. The van der Waals surface area contributed by atoms with E-state index in [0.717, 1.165) is 13.1 Å². The quantitative estimate of drug-likeness (QED) is 0.572. The number of morpholine rings is 1. The first-order valence-corrected chi connectivity index (χ1v) is 5.83. The van der Waals surface area contributed by atoms with E-state index in [1.165, 1.54) is 25.8 Å². The molecule has 3 heteroatoms. The summed E-state index contributed by atoms with van der Waals surface area (Å²) in [5, 5.41) is 0. The minimum absolute atomic E-state index is 0.00331. The number of ether oxygens (including phenoxy) is 1. The van der Waals surface area contributed by atoms with Crippen molar-refractivity contribution in [2.24, 2.45) is 0 Å². The average Bonchev–Trinajstić information content (AvgIpc) is 2.39. The molecule has 0 amide bonds. The molecular weight excluding hydrogens is 176 g/mol. The second kappa shape index (κ2) is 2.94. The molecule has 3 fully saturated rings. The number of nitrogens with zero attached hydrogens (tertiary/aromatic N) is 2. The van der Waals surface area contributed by atoms with E-state index in [9.17, 15) is 0 Å². The lowest BCUT2D eigenvalue weighted by atomic mass is 9.92. The molecule has 2 bridgehead atoms. The van der Waals surface area contributed by atoms with Crippen LogP contribution >= 0.6 is 0 Å². The van der Waals surface area contributed by atoms with Crippen molar-refractivity contribution in [2.45, 2.75) is 44.1 Å². The zero-order chi connectivity index (χ0) is 9.76. The third kappa shape index (κ3) is 1.09. The van der Waals surface area contributed by atoms with Gasteiger partial charge in [-0.1, -0.05) is 6.42 Å². The normalized spacial score (nSPS) is 49.3. The van der Waals surface area contributed by atoms with Gasteiger partial charge in [0, 0.05) is 13.1 Å². The van der Waals surface area contributed by atoms with Crippen LogP contribution in [0, 0.1) is 0 Å². The lowest BCUT2D eigenvalue weighted by molar-refractivity contribution is -0.183. The Balaban J connectivity index is 1.91. The van der Waals surface area contributed by atoms with Gasteiger partial charge >= 0.3 is 0 Å². The van der Waals surface area contributed by atoms with Gasteiger partial charge in [0.1, 0.15) is 5.72 Å². The van der Waals surface area contributed by atoms with Crippen LogP contribution < -0.4 is 0 Å². The first-order valence-electron chi connectivity index (χ1n) is 5.83. The van der Waals surface area contributed by atoms with E-state index in [2.05, 4.69) is 23.8 Å². The highest BCUT2D eigenvalue weighted by atomic mass is 16.5. The van der Waals surface area contributed by atoms with Gasteiger partial charge < -0.3 is 4.74 Å². The molecule has 0 aromatic carbocycles. The second-order valence-corrected chi connectivity index (χ2v) is 5.18. The van der Waals surface area contributed by atoms with Crippen LogP contribution in [-0.4, -0.2) is 54.4 Å². The molecule has 80 valence electrons. The Morgan fingerprint density at radius 3 is 3.00 bits per heavy atom. The SMILES string of the molecule is CN1CC2CN3CCCC[C@H]3[C@]1(C)O2. The highest BCUT2D eigenvalue weighted by Gasteiger charge is 2.53. The Kier molecular flexibility index (Phi) is 1.92. The fourth-order valence-electron chi connectivity index (χ4n) is 3.46. The van der Waals surface area contributed by atoms with Crippen LogP contribution in [0.3, 0.4) is 0 Å². The van der Waals surface area contributed by atoms with Gasteiger partial charge in [-0.15, -0.1) is 0 Å². The van der Waals surface area contributed by atoms with Crippen molar-refractivity contribution in [1.29, 1.82) is 0 Å². The highest BCUT2D eigenvalue weighted by molar-refractivity contribution is 5.02. The largest absolute Gasteiger partial charge is 0.353 e. The minimum Gasteiger partial charge on any atom is -0.353 e. The summed E-state index contributed by atoms with van der Waals surface area (Å²) in [5.41, 5.74) is 0.00331. The number of piperidine rings is 1. The maximum atomic E-state index is 6.15. The molecule has 3 rings (SSSR count). The molecule has 0 aromatic rings. The maximum Gasteiger partial charge on any atom is 0.134 e. The number of hydrogen-bond acceptors (Lipinski definition) is 3. The summed E-state index contributed by atoms with van der Waals surface area (Å²) in [6, 6.07) is 0.639. The molecule has 1 unspecified atom stereocenters. The van der Waals surface area contributed by atoms with Gasteiger partial charge in [0.25, 0.3) is 0 Å². The van der Waals surface area contributed by atoms with Crippen LogP contribution in [0.2, 0.25) is 0 Å². The van der Waals surface area contributed by atoms with Gasteiger partial charge in [0.2, 0.25) is 0 Å². The Morgan fingerprint density at radius 2 is 2.14 bits per heavy atom. The molecule has 0 saturated carbocycles. The van der Waals surface area contributed by atoms with Gasteiger partial charge in [-0.05, 0) is 33.4 Å². The molecule has 3 aliphatic heterocycles. The summed E-state index contributed by atoms with van der Waals surface area (Å²) in [6.07, 6.45) is 4.52. The first-order chi connectivity index (χ1) is 6.70. The van der Waals surface area contributed by atoms with Crippen molar-refractivity contribution >= 4 is 0 Å². The molecule has 3 atom stereocenters. The Labute approximate surface area is 86.0 Å². The molecule has 3 aliphatic rings. The molecule has 0 radical (unpaired) electrons. The lowest BCUT2D eigenvalue weighted by Gasteiger charge is -2.49. The van der Waals surface area contributed by atoms with E-state index in [-0.39, 0.29) is 5.72 Å². The van der Waals surface area contributed by atoms with Gasteiger partial charge in [-0.25, -0.2) is 0 Å². The molecule has 3 nitrogen and oxygen atoms in total. The molecule has 0 N–H and O–H groups in total. The van der Waals surface area contributed by atoms with E-state index in [4.69, 9.17) is 4.74 Å². The van der Waals surface area contributed by atoms with Crippen molar-refractivity contribution in [3.05, 3.63) is 0 Å². The van der Waals surface area contributed by atoms with Gasteiger partial charge in [-0.2, -0.15) is 0 Å². The van der Waals surface area contributed by atoms with E-state index in [1.807, 2.05) is 0 Å². The molecule has 3 heterocycles. The van der Waals surface area contributed by atoms with Crippen molar-refractivity contribution in [3.8, 4) is 0 Å². The van der Waals surface area contributed by atoms with Crippen molar-refractivity contribution in [2.75, 3.05) is 26.7 Å². The summed E-state index contributed by atoms with van der Waals surface area (Å²) < 4.78 is 6.15. The Morgan fingerprint density at radius 1 is 1.29 bits per heavy atom. The van der Waals surface area contributed by atoms with Crippen LogP contribution in [0.25, 0.3) is 0 Å². The van der Waals surface area contributed by atoms with Crippen LogP contribution in [0.5, 0.6) is 0 Å². The molecule has 0 spiro atoms. The van der Waals surface area contributed by atoms with E-state index in [0.29, 0.717) is 12.1 Å². The highest BCUT2D eigenvalue weighted by Crippen LogP contribution is 2.40. The average molecular weight is 196 g/mol. The lowest BCUT2D eigenvalue weighted by Crippen LogP contribution is -2.62. The fraction of sp³-hybridized carbons (Fsp3) is 1.00. The molecule has 0 aromatic heterocycles. The Bertz CT molecular complexity index is 245. The smallest absolute Gasteiger partial charge is 0.134 e. The van der Waals surface area contributed by atoms with E-state index in [1.54, 1.807) is 0 Å². The standard InChI is InChI=1S/C11H20N2O/c1-11-10-5-3-4-6-13(10)8-9(14-11)7-12(11)2/h9-10H,3-8H2,1-2H3/t9?,10-,11-/m0/s1. The third-order valence-electron chi connectivity index (χ3n) is 4.31. The summed E-state index contributed by atoms with van der Waals surface area (Å²) in [5.74, 6) is 0. The maximum absolute atomic E-state index is 6.15. The number of fused-ring (bicyclic) bond motifs is 4. The predicted molar refractivity (Wildman–Crippen MR) is 55.1 cm³/mol. The third-order valence-corrected chi connectivity index (χ3v) is 4.31. The van der Waals surface area contributed by atoms with Gasteiger partial charge in [0.05, 0.1) is 12.1 Å². The van der Waals surface area contributed by atoms with Gasteiger partial charge in [-0.3, -0.25) is 9.80 Å². The summed E-state index contributed by atoms with van der Waals surface area (Å²) >= 11 is 0. The zero-order valence-electron chi connectivity index (χ0n) is 9.20. The zero-order valence-corrected chi connectivity index (χ0v) is 9.20. The van der Waals surface area contributed by atoms with Crippen LogP contribution in [0.15, 0.2) is 0 Å². The molecule has 3 saturated heterocycles. The van der Waals surface area contributed by atoms with Crippen molar-refractivity contribution < 1.29 is 4.74 Å². The van der Waals surface area contributed by atoms with Gasteiger partial charge in [0.15, 0.2) is 0 Å². The summed E-state index contributed by atoms with van der Waals surface area (Å²) in [6.45, 7) is 5.83. The van der Waals surface area contributed by atoms with Crippen LogP contribution in [0.4, 0.5) is 0 Å². The number of rotatable bonds is 0. The van der Waals surface area contributed by atoms with Crippen LogP contribution in [0.1, 0.15) is 26.2 Å². The number of hydrogen-bond donors (Lipinski definition) is 0. The Hall–Kier alpha value is -0.120. The minimum atomic E-state index is 0.00331. The fourth-order valence-corrected chi connectivity index (χ4v) is 3.46. The predicted octanol–water partition coefficient (Wildman–Crippen LogP) is 0.901. The summed E-state index contributed by atoms with van der Waals surface area (Å²) in [4.78, 5) is 5.06. The van der Waals surface area contributed by atoms with Crippen molar-refractivity contribution in [1.82, 2.24) is 9.80 Å². The number of likely N-dealkylation sites (N-methyl/N-ethyl adjacent to an activating group) is 1. The van der Waals surface area contributed by atoms with E-state index < -0.39 is 0 Å². The van der Waals surface area contributed by atoms with E-state index >= 15 is 0 Å². The van der Waals surface area contributed by atoms with Crippen LogP contribution in [-0.2, 0) is 4.74 Å². The van der Waals surface area contributed by atoms with Crippen molar-refractivity contribution in [3.63, 3.8) is 0 Å². The molecular formula is C11H20N2O. The molecule has 0 aliphatic carbocycles. The topological polar surface area (TPSA) is 15.7 Å². The monoisotopic (exact) mass is 196 g/mol. The second-order valence-electron chi connectivity index (χ2n) is 5.18.